The van der Waals surface area contributed by atoms with Crippen molar-refractivity contribution < 1.29 is 115 Å². The van der Waals surface area contributed by atoms with Gasteiger partial charge in [0.05, 0.1) is 36.4 Å². The average Bonchev–Trinajstić information content (AvgIpc) is 2.21. The third kappa shape index (κ3) is 24.7. The second kappa shape index (κ2) is 34.3. The Labute approximate surface area is 495 Å². The molecular weight excluding hydrogens is 1290 g/mol. The molecule has 36 nitrogen and oxygen atoms in total. The third-order valence-electron chi connectivity index (χ3n) is 10.7. The van der Waals surface area contributed by atoms with Gasteiger partial charge in [-0.25, -0.2) is 28.1 Å². The van der Waals surface area contributed by atoms with Crippen molar-refractivity contribution in [3.8, 4) is 34.3 Å². The second-order valence-corrected chi connectivity index (χ2v) is 24.5. The number of nitrogens with two attached hydrogens (primary N) is 3. The number of hydrogen-bond acceptors (Lipinski definition) is 26. The number of urea groups is 1. The molecule has 466 valence electrons. The lowest BCUT2D eigenvalue weighted by Crippen LogP contribution is -2.44. The van der Waals surface area contributed by atoms with Crippen LogP contribution in [0.25, 0.3) is 43.9 Å². The Morgan fingerprint density at radius 1 is 0.907 bits per heavy atom. The van der Waals surface area contributed by atoms with Gasteiger partial charge in [-0.15, -0.1) is 25.3 Å². The maximum absolute atomic E-state index is 13.3. The maximum Gasteiger partial charge on any atom is 0.490 e. The number of nitrogen functional groups attached to an aromatic ring is 2. The molecule has 1 fully saturated rings. The van der Waals surface area contributed by atoms with Crippen LogP contribution >= 0.6 is 45.1 Å². The van der Waals surface area contributed by atoms with Crippen LogP contribution in [0, 0.1) is 11.8 Å². The molecule has 3 heterocycles. The molecule has 43 heteroatoms. The Morgan fingerprint density at radius 2 is 1.63 bits per heavy atom. The summed E-state index contributed by atoms with van der Waals surface area (Å²) < 4.78 is 122. The lowest BCUT2D eigenvalue weighted by molar-refractivity contribution is -0.172. The molecule has 86 heavy (non-hydrogen) atoms. The minimum atomic E-state index is -5.82. The molecule has 1 aromatic heterocycles. The molecule has 6 rings (SSSR count). The van der Waals surface area contributed by atoms with E-state index in [1.807, 2.05) is 0 Å². The fraction of sp³-hybridized carbons (Fsp3) is 0.349. The molecule has 3 aromatic rings. The number of phosphoric acid groups is 3. The molecule has 2 unspecified atom stereocenters. The van der Waals surface area contributed by atoms with E-state index in [0.717, 1.165) is 17.4 Å². The first kappa shape index (κ1) is 71.4. The lowest BCUT2D eigenvalue weighted by atomic mass is 9.89. The predicted octanol–water partition coefficient (Wildman–Crippen LogP) is 1.17. The predicted molar refractivity (Wildman–Crippen MR) is 300 cm³/mol. The number of phosphoric ester groups is 1. The molecule has 1 saturated heterocycles. The van der Waals surface area contributed by atoms with Gasteiger partial charge in [0, 0.05) is 82.9 Å². The number of nitrogens with zero attached hydrogens (tertiary/aromatic N) is 5. The second-order valence-electron chi connectivity index (χ2n) is 16.7. The highest BCUT2D eigenvalue weighted by atomic mass is 33.1. The quantitative estimate of drug-likeness (QED) is 0.00336. The van der Waals surface area contributed by atoms with E-state index in [1.54, 1.807) is 42.5 Å². The number of aromatic nitrogens is 2. The fourth-order valence-corrected chi connectivity index (χ4v) is 12.0. The van der Waals surface area contributed by atoms with Crippen LogP contribution in [0.3, 0.4) is 0 Å². The van der Waals surface area contributed by atoms with Crippen molar-refractivity contribution in [2.75, 3.05) is 62.7 Å². The zero-order valence-electron chi connectivity index (χ0n) is 43.8. The smallest absolute Gasteiger partial charge is 0.478 e. The van der Waals surface area contributed by atoms with Crippen LogP contribution in [0.5, 0.6) is 0 Å². The highest BCUT2D eigenvalue weighted by Gasteiger charge is 2.44. The Balaban J connectivity index is 0.00000186. The van der Waals surface area contributed by atoms with Crippen LogP contribution in [-0.2, 0) is 62.3 Å². The van der Waals surface area contributed by atoms with E-state index in [-0.39, 0.29) is 41.4 Å². The molecule has 1 aliphatic carbocycles. The van der Waals surface area contributed by atoms with Crippen molar-refractivity contribution in [3.05, 3.63) is 104 Å². The number of carbonyl (C=O) groups is 3. The van der Waals surface area contributed by atoms with E-state index in [2.05, 4.69) is 55.9 Å². The Hall–Kier alpha value is -7.08. The van der Waals surface area contributed by atoms with E-state index in [9.17, 15) is 47.8 Å². The zero-order valence-corrected chi connectivity index (χ0v) is 49.8. The number of unbranched alkanes of at least 4 members (excludes halogenated alkanes) is 2. The minimum Gasteiger partial charge on any atom is -0.478 e. The monoisotopic (exact) mass is 1340 g/mol. The van der Waals surface area contributed by atoms with Crippen molar-refractivity contribution in [1.29, 1.82) is 0 Å². The van der Waals surface area contributed by atoms with Crippen molar-refractivity contribution in [2.45, 2.75) is 44.1 Å². The summed E-state index contributed by atoms with van der Waals surface area (Å²) in [6.07, 6.45) is -0.552. The number of fused-ring (bicyclic) bond motifs is 2. The number of hydrogen-bond donors (Lipinski definition) is 11. The fourth-order valence-electron chi connectivity index (χ4n) is 7.43. The number of amides is 3. The van der Waals surface area contributed by atoms with E-state index >= 15 is 0 Å². The first-order chi connectivity index (χ1) is 40.5. The zero-order chi connectivity index (χ0) is 63.8. The van der Waals surface area contributed by atoms with Crippen LogP contribution in [0.1, 0.15) is 58.2 Å². The van der Waals surface area contributed by atoms with Gasteiger partial charge in [-0.05, 0) is 66.8 Å². The molecule has 0 radical (unpaired) electrons. The number of nitrogens with one attached hydrogen (secondary N) is 3. The van der Waals surface area contributed by atoms with Gasteiger partial charge in [0.2, 0.25) is 0 Å². The Bertz CT molecular complexity index is 3820. The number of carbonyl (C=O) groups excluding carboxylic acids is 2. The third-order valence-corrected chi connectivity index (χ3v) is 16.6. The van der Waals surface area contributed by atoms with Crippen molar-refractivity contribution in [1.82, 2.24) is 25.5 Å². The Morgan fingerprint density at radius 3 is 2.31 bits per heavy atom. The summed E-state index contributed by atoms with van der Waals surface area (Å²) in [5, 5.41) is 28.6. The van der Waals surface area contributed by atoms with Gasteiger partial charge < -0.3 is 70.7 Å². The van der Waals surface area contributed by atoms with Crippen LogP contribution in [0.15, 0.2) is 75.1 Å². The molecule has 0 bridgehead atoms. The van der Waals surface area contributed by atoms with Gasteiger partial charge >= 0.3 is 62.4 Å². The van der Waals surface area contributed by atoms with E-state index < -0.39 is 94.1 Å². The maximum atomic E-state index is 13.3. The first-order valence-corrected chi connectivity index (χ1v) is 32.8. The number of azide groups is 1. The number of rotatable bonds is 27. The molecule has 0 spiro atoms. The number of anilines is 2. The van der Waals surface area contributed by atoms with Crippen molar-refractivity contribution in [3.63, 3.8) is 0 Å². The van der Waals surface area contributed by atoms with Gasteiger partial charge in [-0.3, -0.25) is 19.3 Å². The molecule has 2 aliphatic heterocycles. The van der Waals surface area contributed by atoms with Gasteiger partial charge in [0.25, 0.3) is 5.91 Å². The van der Waals surface area contributed by atoms with Gasteiger partial charge in [0.1, 0.15) is 42.2 Å². The highest BCUT2D eigenvalue weighted by Crippen LogP contribution is 2.66. The number of ether oxygens (including phenoxy) is 3. The number of carboxylic acid groups (broad SMARTS) is 1. The summed E-state index contributed by atoms with van der Waals surface area (Å²) in [6, 6.07) is 14.1. The summed E-state index contributed by atoms with van der Waals surface area (Å²) in [4.78, 5) is 94.0. The molecule has 3 amide bonds. The van der Waals surface area contributed by atoms with Gasteiger partial charge in [-0.1, -0.05) is 38.5 Å². The summed E-state index contributed by atoms with van der Waals surface area (Å²) in [6.45, 7) is -0.467. The molecule has 3 aliphatic rings. The molecule has 5 atom stereocenters. The standard InChI is InChI=1S/C43H50N11O19P3S2.2O3S/c44-27-7-10-30-33(18-27)70-34-19-28(45)8-11-31(34)38(30)32-17-25(6-9-29(32)41(56)57)40(55)48-14-16-77-78-24-67-15-3-1-2-12-49-42(58)50-13-4-5-26-21-54(43(59)52-39(26)46)37-20-35(68-23-51-53-47)36(71-37)22-69-75(63,64)73-76(65,66)72-74(60,61)62;2*1-4(2)3/h6-11,17-19,21,35-37,44H,1-3,12-16,20,22-24,45H2,(H,48,55)(H,56,57)(H,63,64)(H,65,66)(H2,46,52,59)(H2,49,50,58)(H2,60,61,62);;/p+1/t35-,36-,37-;;/m1../s1. The van der Waals surface area contributed by atoms with E-state index in [1.165, 1.54) is 39.9 Å². The van der Waals surface area contributed by atoms with Crippen molar-refractivity contribution in [2.24, 2.45) is 5.11 Å². The largest absolute Gasteiger partial charge is 0.490 e. The average molecular weight is 1340 g/mol. The SMILES string of the molecule is O=S(=O)=O.O=S(=O)=O.[N-]=[N+]=NCO[C@@H]1C[C@H](n2cc(C#CCNC(=O)NCCCCCOCSSCCNC(=O)c3ccc(C(=O)O)c(-c4c5ccc(=[NH2+])cc-5oc5cc(N)ccc45)c3)c(N)nc2=O)O[C@@H]1COP(=O)(O)OP(=O)(O)OP(=O)(O)O. The molecule has 2 aromatic carbocycles. The lowest BCUT2D eigenvalue weighted by Gasteiger charge is -2.21. The molecular formula is C43H51N11O25P3S4+. The Kier molecular flexibility index (Phi) is 28.5. The van der Waals surface area contributed by atoms with Crippen molar-refractivity contribution >= 4 is 107 Å². The normalized spacial score (nSPS) is 15.8. The van der Waals surface area contributed by atoms with E-state index in [4.69, 9.17) is 76.1 Å². The number of aromatic carboxylic acids is 1. The summed E-state index contributed by atoms with van der Waals surface area (Å²) in [5.74, 6) is 4.96. The summed E-state index contributed by atoms with van der Waals surface area (Å²) in [7, 11) is -20.3. The topological polar surface area (TPSA) is 572 Å². The minimum absolute atomic E-state index is 0.00175. The molecule has 14 N–H and O–H groups in total. The molecule has 0 saturated carbocycles. The van der Waals surface area contributed by atoms with Crippen LogP contribution < -0.4 is 43.9 Å². The number of carboxylic acids is 1. The van der Waals surface area contributed by atoms with E-state index in [0.29, 0.717) is 82.3 Å². The highest BCUT2D eigenvalue weighted by molar-refractivity contribution is 8.76. The van der Waals surface area contributed by atoms with Gasteiger partial charge in [0.15, 0.2) is 5.36 Å². The first-order valence-electron chi connectivity index (χ1n) is 23.8. The number of benzene rings is 3. The summed E-state index contributed by atoms with van der Waals surface area (Å²) in [5.41, 5.74) is 22.3. The van der Waals surface area contributed by atoms with Crippen LogP contribution in [0.2, 0.25) is 0 Å². The van der Waals surface area contributed by atoms with Crippen LogP contribution in [-0.4, -0.2) is 141 Å². The van der Waals surface area contributed by atoms with Crippen LogP contribution in [0.4, 0.5) is 16.3 Å². The van der Waals surface area contributed by atoms with Gasteiger partial charge in [-0.2, -0.15) is 13.6 Å². The summed E-state index contributed by atoms with van der Waals surface area (Å²) >= 11 is 0.